The molecule has 5 nitrogen and oxygen atoms in total. The lowest BCUT2D eigenvalue weighted by Gasteiger charge is -2.24. The number of rotatable bonds is 4. The van der Waals surface area contributed by atoms with Crippen LogP contribution >= 0.6 is 0 Å². The van der Waals surface area contributed by atoms with Crippen LogP contribution in [0.5, 0.6) is 0 Å². The molecule has 1 N–H and O–H groups in total. The van der Waals surface area contributed by atoms with E-state index in [1.807, 2.05) is 38.5 Å². The molecule has 0 unspecified atom stereocenters. The van der Waals surface area contributed by atoms with E-state index in [1.54, 1.807) is 0 Å². The molecule has 0 spiro atoms. The van der Waals surface area contributed by atoms with Crippen molar-refractivity contribution in [3.05, 3.63) is 33.6 Å². The first kappa shape index (κ1) is 16.8. The van der Waals surface area contributed by atoms with Crippen molar-refractivity contribution in [2.75, 3.05) is 6.54 Å². The Kier molecular flexibility index (Phi) is 3.98. The molecule has 0 aromatic carbocycles. The van der Waals surface area contributed by atoms with Gasteiger partial charge in [-0.05, 0) is 37.1 Å². The summed E-state index contributed by atoms with van der Waals surface area (Å²) in [5, 5.41) is 7.86. The Morgan fingerprint density at radius 1 is 1.28 bits per heavy atom. The summed E-state index contributed by atoms with van der Waals surface area (Å²) >= 11 is 0. The van der Waals surface area contributed by atoms with Gasteiger partial charge in [-0.3, -0.25) is 4.79 Å². The van der Waals surface area contributed by atoms with E-state index in [9.17, 15) is 4.79 Å². The van der Waals surface area contributed by atoms with Crippen LogP contribution in [0.4, 0.5) is 4.39 Å². The highest BCUT2D eigenvalue weighted by Gasteiger charge is 2.39. The minimum atomic E-state index is -0.344. The van der Waals surface area contributed by atoms with Crippen LogP contribution in [0.15, 0.2) is 11.0 Å². The van der Waals surface area contributed by atoms with Gasteiger partial charge in [0.15, 0.2) is 11.5 Å². The van der Waals surface area contributed by atoms with E-state index >= 15 is 4.39 Å². The van der Waals surface area contributed by atoms with E-state index in [0.29, 0.717) is 34.8 Å². The lowest BCUT2D eigenvalue weighted by atomic mass is 9.95. The van der Waals surface area contributed by atoms with E-state index in [-0.39, 0.29) is 23.2 Å². The number of nitrogens with one attached hydrogen (secondary N) is 1. The number of hydrogen-bond acceptors (Lipinski definition) is 3. The van der Waals surface area contributed by atoms with Gasteiger partial charge in [-0.2, -0.15) is 9.61 Å². The summed E-state index contributed by atoms with van der Waals surface area (Å²) in [7, 11) is 0. The van der Waals surface area contributed by atoms with Crippen molar-refractivity contribution in [1.82, 2.24) is 19.5 Å². The van der Waals surface area contributed by atoms with Gasteiger partial charge >= 0.3 is 0 Å². The van der Waals surface area contributed by atoms with E-state index in [4.69, 9.17) is 0 Å². The quantitative estimate of drug-likeness (QED) is 0.926. The second-order valence-electron chi connectivity index (χ2n) is 8.38. The molecule has 4 rings (SSSR count). The summed E-state index contributed by atoms with van der Waals surface area (Å²) < 4.78 is 18.3. The minimum absolute atomic E-state index is 0.0538. The number of fused-ring (bicyclic) bond motifs is 3. The van der Waals surface area contributed by atoms with Gasteiger partial charge < -0.3 is 9.88 Å². The Bertz CT molecular complexity index is 866. The summed E-state index contributed by atoms with van der Waals surface area (Å²) in [5.41, 5.74) is 1.21. The Labute approximate surface area is 147 Å². The van der Waals surface area contributed by atoms with E-state index in [0.717, 1.165) is 19.5 Å². The van der Waals surface area contributed by atoms with Crippen molar-refractivity contribution in [3.8, 4) is 0 Å². The molecule has 1 saturated heterocycles. The Hall–Kier alpha value is -1.69. The fourth-order valence-corrected chi connectivity index (χ4v) is 4.53. The molecule has 1 aliphatic carbocycles. The van der Waals surface area contributed by atoms with Gasteiger partial charge in [0.2, 0.25) is 0 Å². The molecule has 2 bridgehead atoms. The predicted octanol–water partition coefficient (Wildman–Crippen LogP) is 2.88. The zero-order valence-electron chi connectivity index (χ0n) is 15.4. The lowest BCUT2D eigenvalue weighted by molar-refractivity contribution is 0.311. The third-order valence-corrected chi connectivity index (χ3v) is 5.95. The molecule has 1 aliphatic heterocycles. The molecular weight excluding hydrogens is 319 g/mol. The van der Waals surface area contributed by atoms with Crippen molar-refractivity contribution in [1.29, 1.82) is 0 Å². The summed E-state index contributed by atoms with van der Waals surface area (Å²) in [6.07, 6.45) is 4.22. The first-order valence-electron chi connectivity index (χ1n) is 9.41. The molecule has 1 saturated carbocycles. The molecule has 3 heterocycles. The van der Waals surface area contributed by atoms with Gasteiger partial charge in [0, 0.05) is 30.3 Å². The number of hydrogen-bond donors (Lipinski definition) is 1. The van der Waals surface area contributed by atoms with Crippen molar-refractivity contribution >= 4 is 5.65 Å². The van der Waals surface area contributed by atoms with Crippen LogP contribution in [-0.2, 0) is 6.54 Å². The maximum atomic E-state index is 15.1. The van der Waals surface area contributed by atoms with Crippen molar-refractivity contribution < 1.29 is 4.39 Å². The Balaban J connectivity index is 1.86. The highest BCUT2D eigenvalue weighted by molar-refractivity contribution is 5.45. The normalized spacial score (nSPS) is 25.8. The average Bonchev–Trinajstić information content (AvgIpc) is 3.24. The van der Waals surface area contributed by atoms with E-state index < -0.39 is 0 Å². The summed E-state index contributed by atoms with van der Waals surface area (Å²) in [5.74, 6) is 0.877. The largest absolute Gasteiger partial charge is 0.330 e. The SMILES string of the molecule is CC(C)c1nn2c(=O)c(C(C)C)cn(C[C@H]3C[C@H]4C[C@@H]3CN4)c2c1F. The molecule has 6 heteroatoms. The maximum Gasteiger partial charge on any atom is 0.277 e. The van der Waals surface area contributed by atoms with Crippen molar-refractivity contribution in [3.63, 3.8) is 0 Å². The van der Waals surface area contributed by atoms with E-state index in [2.05, 4.69) is 10.4 Å². The van der Waals surface area contributed by atoms with Gasteiger partial charge in [0.1, 0.15) is 5.69 Å². The standard InChI is InChI=1S/C19H27FN4O/c1-10(2)15-9-23(8-13-6-14-5-12(13)7-21-14)18-16(20)17(11(3)4)22-24(18)19(15)25/h9-14,21H,5-8H2,1-4H3/t12-,13-,14-/m1/s1. The zero-order chi connectivity index (χ0) is 17.9. The summed E-state index contributed by atoms with van der Waals surface area (Å²) in [4.78, 5) is 12.8. The zero-order valence-corrected chi connectivity index (χ0v) is 15.4. The Morgan fingerprint density at radius 2 is 2.04 bits per heavy atom. The summed E-state index contributed by atoms with van der Waals surface area (Å²) in [6.45, 7) is 9.62. The fraction of sp³-hybridized carbons (Fsp3) is 0.684. The lowest BCUT2D eigenvalue weighted by Crippen LogP contribution is -2.32. The van der Waals surface area contributed by atoms with E-state index in [1.165, 1.54) is 10.9 Å². The molecule has 2 aromatic heterocycles. The molecule has 0 radical (unpaired) electrons. The smallest absolute Gasteiger partial charge is 0.277 e. The first-order chi connectivity index (χ1) is 11.9. The molecule has 0 amide bonds. The highest BCUT2D eigenvalue weighted by Crippen LogP contribution is 2.38. The van der Waals surface area contributed by atoms with Crippen LogP contribution in [0.2, 0.25) is 0 Å². The second kappa shape index (κ2) is 5.94. The molecular formula is C19H27FN4O. The number of halogens is 1. The summed E-state index contributed by atoms with van der Waals surface area (Å²) in [6, 6.07) is 0.607. The van der Waals surface area contributed by atoms with Gasteiger partial charge in [-0.25, -0.2) is 4.39 Å². The molecule has 2 aromatic rings. The third kappa shape index (κ3) is 2.62. The van der Waals surface area contributed by atoms with Gasteiger partial charge in [0.05, 0.1) is 0 Å². The number of piperidine rings is 1. The maximum absolute atomic E-state index is 15.1. The molecule has 2 aliphatic rings. The second-order valence-corrected chi connectivity index (χ2v) is 8.38. The number of nitrogens with zero attached hydrogens (tertiary/aromatic N) is 3. The van der Waals surface area contributed by atoms with Gasteiger partial charge in [0.25, 0.3) is 5.56 Å². The Morgan fingerprint density at radius 3 is 2.60 bits per heavy atom. The monoisotopic (exact) mass is 346 g/mol. The van der Waals surface area contributed by atoms with Crippen LogP contribution < -0.4 is 10.9 Å². The average molecular weight is 346 g/mol. The van der Waals surface area contributed by atoms with Crippen LogP contribution in [0.25, 0.3) is 5.65 Å². The molecule has 25 heavy (non-hydrogen) atoms. The van der Waals surface area contributed by atoms with Gasteiger partial charge in [-0.15, -0.1) is 0 Å². The number of aromatic nitrogens is 3. The van der Waals surface area contributed by atoms with Crippen LogP contribution in [-0.4, -0.2) is 26.8 Å². The highest BCUT2D eigenvalue weighted by atomic mass is 19.1. The predicted molar refractivity (Wildman–Crippen MR) is 95.6 cm³/mol. The van der Waals surface area contributed by atoms with Gasteiger partial charge in [-0.1, -0.05) is 27.7 Å². The third-order valence-electron chi connectivity index (χ3n) is 5.95. The van der Waals surface area contributed by atoms with Crippen molar-refractivity contribution in [2.24, 2.45) is 11.8 Å². The fourth-order valence-electron chi connectivity index (χ4n) is 4.53. The molecule has 136 valence electrons. The topological polar surface area (TPSA) is 51.3 Å². The van der Waals surface area contributed by atoms with Crippen LogP contribution in [0.3, 0.4) is 0 Å². The van der Waals surface area contributed by atoms with Crippen LogP contribution in [0, 0.1) is 17.7 Å². The minimum Gasteiger partial charge on any atom is -0.330 e. The molecule has 3 atom stereocenters. The first-order valence-corrected chi connectivity index (χ1v) is 9.41. The van der Waals surface area contributed by atoms with Crippen molar-refractivity contribution in [2.45, 2.75) is 65.0 Å². The molecule has 2 fully saturated rings. The van der Waals surface area contributed by atoms with Crippen LogP contribution in [0.1, 0.15) is 63.6 Å².